The van der Waals surface area contributed by atoms with Crippen molar-refractivity contribution in [1.82, 2.24) is 20.1 Å². The third kappa shape index (κ3) is 8.84. The smallest absolute Gasteiger partial charge is 0.408 e. The van der Waals surface area contributed by atoms with Gasteiger partial charge in [0.15, 0.2) is 0 Å². The summed E-state index contributed by atoms with van der Waals surface area (Å²) in [6, 6.07) is 8.29. The van der Waals surface area contributed by atoms with Crippen molar-refractivity contribution in [2.24, 2.45) is 0 Å². The summed E-state index contributed by atoms with van der Waals surface area (Å²) in [5.41, 5.74) is 0.109. The minimum Gasteiger partial charge on any atom is -0.466 e. The van der Waals surface area contributed by atoms with Gasteiger partial charge in [0.25, 0.3) is 0 Å². The summed E-state index contributed by atoms with van der Waals surface area (Å²) in [5.74, 6) is 0.124. The number of benzene rings is 1. The Morgan fingerprint density at radius 3 is 2.32 bits per heavy atom. The molecular formula is C24H34N4O6. The standard InChI is InChI=1S/C24H34N4O6/c1-6-28-19(26-27-20(28)15-21(29)32-7-2)14-13-18(22(30)34-24(3,4)5)25-23(31)33-16-17-11-9-8-10-12-17/h8-12,18H,6-7,13-16H2,1-5H3,(H,25,31)/t18-/m0/s1. The number of carbonyl (C=O) groups is 3. The second-order valence-electron chi connectivity index (χ2n) is 8.59. The van der Waals surface area contributed by atoms with Crippen LogP contribution in [-0.4, -0.2) is 51.0 Å². The highest BCUT2D eigenvalue weighted by Crippen LogP contribution is 2.13. The predicted molar refractivity (Wildman–Crippen MR) is 124 cm³/mol. The van der Waals surface area contributed by atoms with Crippen molar-refractivity contribution >= 4 is 18.0 Å². The highest BCUT2D eigenvalue weighted by molar-refractivity contribution is 5.81. The quantitative estimate of drug-likeness (QED) is 0.390. The van der Waals surface area contributed by atoms with Crippen LogP contribution < -0.4 is 5.32 Å². The first-order valence-corrected chi connectivity index (χ1v) is 11.4. The van der Waals surface area contributed by atoms with Crippen LogP contribution in [0.25, 0.3) is 0 Å². The van der Waals surface area contributed by atoms with Gasteiger partial charge in [0, 0.05) is 13.0 Å². The van der Waals surface area contributed by atoms with Crippen molar-refractivity contribution < 1.29 is 28.6 Å². The average Bonchev–Trinajstić information content (AvgIpc) is 3.16. The Balaban J connectivity index is 2.06. The van der Waals surface area contributed by atoms with Gasteiger partial charge in [-0.3, -0.25) is 4.79 Å². The predicted octanol–water partition coefficient (Wildman–Crippen LogP) is 2.97. The van der Waals surface area contributed by atoms with Crippen molar-refractivity contribution in [2.45, 2.75) is 78.7 Å². The lowest BCUT2D eigenvalue weighted by Gasteiger charge is -2.24. The summed E-state index contributed by atoms with van der Waals surface area (Å²) in [4.78, 5) is 37.0. The number of esters is 2. The third-order valence-corrected chi connectivity index (χ3v) is 4.68. The molecule has 0 aliphatic heterocycles. The molecule has 0 aliphatic rings. The molecule has 1 N–H and O–H groups in total. The summed E-state index contributed by atoms with van der Waals surface area (Å²) < 4.78 is 17.5. The van der Waals surface area contributed by atoms with Crippen molar-refractivity contribution in [3.8, 4) is 0 Å². The van der Waals surface area contributed by atoms with Crippen molar-refractivity contribution in [3.05, 3.63) is 47.5 Å². The van der Waals surface area contributed by atoms with Gasteiger partial charge in [0.05, 0.1) is 6.61 Å². The van der Waals surface area contributed by atoms with Gasteiger partial charge < -0.3 is 24.1 Å². The molecule has 0 radical (unpaired) electrons. The average molecular weight is 475 g/mol. The lowest BCUT2D eigenvalue weighted by molar-refractivity contribution is -0.157. The Bertz CT molecular complexity index is 952. The zero-order chi connectivity index (χ0) is 25.1. The summed E-state index contributed by atoms with van der Waals surface area (Å²) >= 11 is 0. The molecule has 0 bridgehead atoms. The van der Waals surface area contributed by atoms with Gasteiger partial charge in [0.2, 0.25) is 0 Å². The van der Waals surface area contributed by atoms with Gasteiger partial charge in [-0.15, -0.1) is 10.2 Å². The number of rotatable bonds is 11. The summed E-state index contributed by atoms with van der Waals surface area (Å²) in [5, 5.41) is 10.9. The first-order valence-electron chi connectivity index (χ1n) is 11.4. The summed E-state index contributed by atoms with van der Waals surface area (Å²) in [6.07, 6.45) is -0.173. The molecule has 10 heteroatoms. The van der Waals surface area contributed by atoms with Gasteiger partial charge >= 0.3 is 18.0 Å². The molecule has 0 saturated heterocycles. The number of hydrogen-bond acceptors (Lipinski definition) is 8. The van der Waals surface area contributed by atoms with E-state index in [1.807, 2.05) is 37.3 Å². The molecule has 1 heterocycles. The highest BCUT2D eigenvalue weighted by atomic mass is 16.6. The zero-order valence-corrected chi connectivity index (χ0v) is 20.5. The van der Waals surface area contributed by atoms with Crippen LogP contribution >= 0.6 is 0 Å². The van der Waals surface area contributed by atoms with Crippen LogP contribution in [-0.2, 0) is 49.8 Å². The molecule has 1 aromatic carbocycles. The molecule has 2 aromatic rings. The van der Waals surface area contributed by atoms with Gasteiger partial charge in [-0.2, -0.15) is 0 Å². The van der Waals surface area contributed by atoms with Crippen molar-refractivity contribution in [3.63, 3.8) is 0 Å². The van der Waals surface area contributed by atoms with E-state index >= 15 is 0 Å². The molecule has 0 spiro atoms. The van der Waals surface area contributed by atoms with Crippen LogP contribution in [0.4, 0.5) is 4.79 Å². The number of nitrogens with one attached hydrogen (secondary N) is 1. The summed E-state index contributed by atoms with van der Waals surface area (Å²) in [6.45, 7) is 9.82. The molecule has 1 atom stereocenters. The van der Waals surface area contributed by atoms with Crippen LogP contribution in [0.2, 0.25) is 0 Å². The van der Waals surface area contributed by atoms with Crippen LogP contribution in [0.1, 0.15) is 58.3 Å². The van der Waals surface area contributed by atoms with E-state index in [4.69, 9.17) is 14.2 Å². The largest absolute Gasteiger partial charge is 0.466 e. The fraction of sp³-hybridized carbons (Fsp3) is 0.542. The molecule has 186 valence electrons. The van der Waals surface area contributed by atoms with E-state index in [9.17, 15) is 14.4 Å². The van der Waals surface area contributed by atoms with Gasteiger partial charge in [-0.05, 0) is 46.6 Å². The number of aryl methyl sites for hydroxylation is 1. The summed E-state index contributed by atoms with van der Waals surface area (Å²) in [7, 11) is 0. The molecule has 0 saturated carbocycles. The molecule has 2 rings (SSSR count). The normalized spacial score (nSPS) is 12.0. The monoisotopic (exact) mass is 474 g/mol. The number of hydrogen-bond donors (Lipinski definition) is 1. The molecule has 1 amide bonds. The lowest BCUT2D eigenvalue weighted by atomic mass is 10.1. The van der Waals surface area contributed by atoms with E-state index in [-0.39, 0.29) is 32.0 Å². The number of ether oxygens (including phenoxy) is 3. The Morgan fingerprint density at radius 2 is 1.71 bits per heavy atom. The van der Waals surface area contributed by atoms with E-state index in [0.717, 1.165) is 5.56 Å². The van der Waals surface area contributed by atoms with E-state index in [1.165, 1.54) is 0 Å². The molecular weight excluding hydrogens is 440 g/mol. The SMILES string of the molecule is CCOC(=O)Cc1nnc(CC[C@H](NC(=O)OCc2ccccc2)C(=O)OC(C)(C)C)n1CC. The first-order chi connectivity index (χ1) is 16.1. The second kappa shape index (κ2) is 12.7. The van der Waals surface area contributed by atoms with Gasteiger partial charge in [-0.25, -0.2) is 9.59 Å². The second-order valence-corrected chi connectivity index (χ2v) is 8.59. The van der Waals surface area contributed by atoms with Gasteiger partial charge in [-0.1, -0.05) is 30.3 Å². The Labute approximate surface area is 200 Å². The van der Waals surface area contributed by atoms with Crippen LogP contribution in [0.15, 0.2) is 30.3 Å². The van der Waals surface area contributed by atoms with Crippen molar-refractivity contribution in [2.75, 3.05) is 6.61 Å². The van der Waals surface area contributed by atoms with E-state index in [2.05, 4.69) is 15.5 Å². The maximum atomic E-state index is 12.8. The highest BCUT2D eigenvalue weighted by Gasteiger charge is 2.28. The Hall–Kier alpha value is -3.43. The van der Waals surface area contributed by atoms with E-state index < -0.39 is 23.7 Å². The Kier molecular flexibility index (Phi) is 10.0. The third-order valence-electron chi connectivity index (χ3n) is 4.68. The fourth-order valence-corrected chi connectivity index (χ4v) is 3.20. The van der Waals surface area contributed by atoms with E-state index in [0.29, 0.717) is 24.6 Å². The molecule has 0 aliphatic carbocycles. The van der Waals surface area contributed by atoms with Crippen molar-refractivity contribution in [1.29, 1.82) is 0 Å². The number of alkyl carbamates (subject to hydrolysis) is 1. The van der Waals surface area contributed by atoms with Crippen LogP contribution in [0.3, 0.4) is 0 Å². The molecule has 34 heavy (non-hydrogen) atoms. The zero-order valence-electron chi connectivity index (χ0n) is 20.5. The van der Waals surface area contributed by atoms with Gasteiger partial charge in [0.1, 0.15) is 36.3 Å². The first kappa shape index (κ1) is 26.8. The number of nitrogens with zero attached hydrogens (tertiary/aromatic N) is 3. The number of carbonyl (C=O) groups excluding carboxylic acids is 3. The van der Waals surface area contributed by atoms with Crippen LogP contribution in [0.5, 0.6) is 0 Å². The van der Waals surface area contributed by atoms with E-state index in [1.54, 1.807) is 32.3 Å². The van der Waals surface area contributed by atoms with Crippen LogP contribution in [0, 0.1) is 0 Å². The lowest BCUT2D eigenvalue weighted by Crippen LogP contribution is -2.44. The number of amides is 1. The minimum absolute atomic E-state index is 0.00817. The maximum absolute atomic E-state index is 12.8. The molecule has 1 aromatic heterocycles. The molecule has 0 unspecified atom stereocenters. The maximum Gasteiger partial charge on any atom is 0.408 e. The minimum atomic E-state index is -0.946. The number of aromatic nitrogens is 3. The molecule has 0 fully saturated rings. The fourth-order valence-electron chi connectivity index (χ4n) is 3.20. The topological polar surface area (TPSA) is 122 Å². The Morgan fingerprint density at radius 1 is 1.03 bits per heavy atom. The molecule has 10 nitrogen and oxygen atoms in total.